The van der Waals surface area contributed by atoms with Crippen LogP contribution in [0, 0.1) is 0 Å². The largest absolute Gasteiger partial charge is 0.454 e. The van der Waals surface area contributed by atoms with E-state index in [2.05, 4.69) is 68.5 Å². The monoisotopic (exact) mass is 746 g/mol. The predicted molar refractivity (Wildman–Crippen MR) is 226 cm³/mol. The van der Waals surface area contributed by atoms with Gasteiger partial charge >= 0.3 is 0 Å². The molecular formula is C48H26N8O2. The lowest BCUT2D eigenvalue weighted by Crippen LogP contribution is -2.02. The summed E-state index contributed by atoms with van der Waals surface area (Å²) in [6.45, 7) is 0. The van der Waals surface area contributed by atoms with Gasteiger partial charge in [0.2, 0.25) is 5.89 Å². The summed E-state index contributed by atoms with van der Waals surface area (Å²) in [5, 5.41) is 4.13. The minimum Gasteiger partial charge on any atom is -0.454 e. The summed E-state index contributed by atoms with van der Waals surface area (Å²) in [7, 11) is 0. The molecular weight excluding hydrogens is 721 g/mol. The van der Waals surface area contributed by atoms with Gasteiger partial charge in [0.1, 0.15) is 5.58 Å². The normalized spacial score (nSPS) is 11.8. The van der Waals surface area contributed by atoms with Crippen LogP contribution in [0.15, 0.2) is 167 Å². The van der Waals surface area contributed by atoms with Crippen LogP contribution in [0.5, 0.6) is 0 Å². The fourth-order valence-electron chi connectivity index (χ4n) is 7.91. The third-order valence-electron chi connectivity index (χ3n) is 10.6. The second kappa shape index (κ2) is 12.7. The summed E-state index contributed by atoms with van der Waals surface area (Å²) < 4.78 is 12.5. The zero-order chi connectivity index (χ0) is 38.2. The Balaban J connectivity index is 0.980. The van der Waals surface area contributed by atoms with Crippen molar-refractivity contribution < 1.29 is 8.83 Å². The highest BCUT2D eigenvalue weighted by Gasteiger charge is 2.20. The number of hydrogen-bond acceptors (Lipinski definition) is 10. The fourth-order valence-corrected chi connectivity index (χ4v) is 7.91. The van der Waals surface area contributed by atoms with E-state index in [4.69, 9.17) is 28.8 Å². The van der Waals surface area contributed by atoms with Crippen molar-refractivity contribution in [3.63, 3.8) is 0 Å². The molecule has 0 saturated heterocycles. The number of para-hydroxylation sites is 2. The maximum atomic E-state index is 6.26. The van der Waals surface area contributed by atoms with Crippen LogP contribution in [-0.4, -0.2) is 39.9 Å². The van der Waals surface area contributed by atoms with Crippen LogP contribution in [-0.2, 0) is 0 Å². The van der Waals surface area contributed by atoms with Crippen molar-refractivity contribution >= 4 is 65.9 Å². The predicted octanol–water partition coefficient (Wildman–Crippen LogP) is 11.3. The van der Waals surface area contributed by atoms with Crippen LogP contribution in [0.4, 0.5) is 0 Å². The highest BCUT2D eigenvalue weighted by molar-refractivity contribution is 6.13. The van der Waals surface area contributed by atoms with Crippen molar-refractivity contribution in [1.82, 2.24) is 39.9 Å². The Morgan fingerprint density at radius 2 is 0.966 bits per heavy atom. The molecule has 0 aliphatic rings. The number of aromatic nitrogens is 8. The lowest BCUT2D eigenvalue weighted by Gasteiger charge is -2.14. The first-order valence-electron chi connectivity index (χ1n) is 18.7. The van der Waals surface area contributed by atoms with Gasteiger partial charge in [-0.3, -0.25) is 19.9 Å². The van der Waals surface area contributed by atoms with Gasteiger partial charge in [-0.2, -0.15) is 0 Å². The first kappa shape index (κ1) is 32.0. The minimum atomic E-state index is 0.482. The van der Waals surface area contributed by atoms with Gasteiger partial charge < -0.3 is 8.83 Å². The third-order valence-corrected chi connectivity index (χ3v) is 10.6. The number of fused-ring (bicyclic) bond motifs is 8. The van der Waals surface area contributed by atoms with Crippen LogP contribution in [0.1, 0.15) is 0 Å². The number of nitrogens with zero attached hydrogens (tertiary/aromatic N) is 8. The van der Waals surface area contributed by atoms with Crippen molar-refractivity contribution in [3.05, 3.63) is 158 Å². The molecule has 10 heteroatoms. The van der Waals surface area contributed by atoms with Crippen LogP contribution in [0.25, 0.3) is 123 Å². The summed E-state index contributed by atoms with van der Waals surface area (Å²) in [5.41, 5.74) is 11.2. The highest BCUT2D eigenvalue weighted by atomic mass is 16.4. The van der Waals surface area contributed by atoms with E-state index in [-0.39, 0.29) is 0 Å². The van der Waals surface area contributed by atoms with E-state index in [1.54, 1.807) is 24.8 Å². The maximum Gasteiger partial charge on any atom is 0.227 e. The third kappa shape index (κ3) is 5.05. The molecule has 6 aromatic heterocycles. The van der Waals surface area contributed by atoms with Gasteiger partial charge in [0, 0.05) is 57.8 Å². The SMILES string of the molecule is c1cc(-c2nc(-c3ccc(-c4ccc(-c5nc6c(ccc7c8ccccc8oc76)o5)cc4)c4ccccc34)nc(-c3ccnc4cccnc34)n2)c2nccnc2c1. The summed E-state index contributed by atoms with van der Waals surface area (Å²) >= 11 is 0. The van der Waals surface area contributed by atoms with E-state index >= 15 is 0 Å². The molecule has 0 atom stereocenters. The molecule has 0 spiro atoms. The van der Waals surface area contributed by atoms with Crippen molar-refractivity contribution in [2.24, 2.45) is 0 Å². The van der Waals surface area contributed by atoms with Gasteiger partial charge in [-0.25, -0.2) is 19.9 Å². The molecule has 0 amide bonds. The van der Waals surface area contributed by atoms with Crippen molar-refractivity contribution in [1.29, 1.82) is 0 Å². The lowest BCUT2D eigenvalue weighted by atomic mass is 9.94. The Kier molecular flexibility index (Phi) is 6.99. The van der Waals surface area contributed by atoms with E-state index in [0.717, 1.165) is 77.1 Å². The number of pyridine rings is 2. The molecule has 6 aromatic carbocycles. The van der Waals surface area contributed by atoms with Gasteiger partial charge in [-0.05, 0) is 88.6 Å². The lowest BCUT2D eigenvalue weighted by molar-refractivity contribution is 0.620. The molecule has 0 unspecified atom stereocenters. The van der Waals surface area contributed by atoms with E-state index < -0.39 is 0 Å². The van der Waals surface area contributed by atoms with Crippen molar-refractivity contribution in [2.75, 3.05) is 0 Å². The summed E-state index contributed by atoms with van der Waals surface area (Å²) in [6, 6.07) is 44.4. The zero-order valence-corrected chi connectivity index (χ0v) is 30.4. The molecule has 58 heavy (non-hydrogen) atoms. The van der Waals surface area contributed by atoms with Gasteiger partial charge in [-0.15, -0.1) is 0 Å². The molecule has 0 radical (unpaired) electrons. The molecule has 6 heterocycles. The average molecular weight is 747 g/mol. The Bertz CT molecular complexity index is 3490. The number of furan rings is 1. The Morgan fingerprint density at radius 3 is 1.79 bits per heavy atom. The molecule has 0 aliphatic heterocycles. The highest BCUT2D eigenvalue weighted by Crippen LogP contribution is 2.39. The molecule has 0 bridgehead atoms. The van der Waals surface area contributed by atoms with Gasteiger partial charge in [0.05, 0.1) is 22.1 Å². The number of benzene rings is 6. The Morgan fingerprint density at radius 1 is 0.328 bits per heavy atom. The molecule has 12 aromatic rings. The quantitative estimate of drug-likeness (QED) is 0.168. The number of rotatable bonds is 5. The van der Waals surface area contributed by atoms with E-state index in [1.807, 2.05) is 84.9 Å². The second-order valence-corrected chi connectivity index (χ2v) is 14.0. The van der Waals surface area contributed by atoms with Gasteiger partial charge in [-0.1, -0.05) is 66.7 Å². The van der Waals surface area contributed by atoms with E-state index in [0.29, 0.717) is 45.5 Å². The van der Waals surface area contributed by atoms with Crippen LogP contribution >= 0.6 is 0 Å². The minimum absolute atomic E-state index is 0.482. The topological polar surface area (TPSA) is 129 Å². The van der Waals surface area contributed by atoms with Crippen LogP contribution in [0.3, 0.4) is 0 Å². The van der Waals surface area contributed by atoms with Gasteiger partial charge in [0.25, 0.3) is 0 Å². The molecule has 0 N–H and O–H groups in total. The Labute approximate surface area is 328 Å². The first-order chi connectivity index (χ1) is 28.7. The second-order valence-electron chi connectivity index (χ2n) is 14.0. The molecule has 10 nitrogen and oxygen atoms in total. The first-order valence-corrected chi connectivity index (χ1v) is 18.7. The summed E-state index contributed by atoms with van der Waals surface area (Å²) in [5.74, 6) is 2.02. The molecule has 270 valence electrons. The average Bonchev–Trinajstić information content (AvgIpc) is 3.91. The fraction of sp³-hybridized carbons (Fsp3) is 0. The smallest absolute Gasteiger partial charge is 0.227 e. The Hall–Kier alpha value is -8.24. The number of hydrogen-bond donors (Lipinski definition) is 0. The van der Waals surface area contributed by atoms with Crippen molar-refractivity contribution in [2.45, 2.75) is 0 Å². The number of oxazole rings is 1. The summed E-state index contributed by atoms with van der Waals surface area (Å²) in [4.78, 5) is 38.6. The van der Waals surface area contributed by atoms with Gasteiger partial charge in [0.15, 0.2) is 34.2 Å². The maximum absolute atomic E-state index is 6.26. The van der Waals surface area contributed by atoms with E-state index in [9.17, 15) is 0 Å². The molecule has 12 rings (SSSR count). The van der Waals surface area contributed by atoms with Crippen molar-refractivity contribution in [3.8, 4) is 56.7 Å². The van der Waals surface area contributed by atoms with E-state index in [1.165, 1.54) is 0 Å². The molecule has 0 aliphatic carbocycles. The standard InChI is InChI=1S/C48H26N8O2/c1-2-8-31-30(7-1)29(27-14-16-28(17-15-27)48-53-43-40(58-48)21-20-33-32-9-3-4-13-39(32)57-44(33)43)18-19-34(31)45-54-46(35-10-5-11-37-41(35)52-26-25-50-37)56-47(55-45)36-22-24-49-38-12-6-23-51-42(36)38/h1-26H. The van der Waals surface area contributed by atoms with Crippen LogP contribution < -0.4 is 0 Å². The molecule has 0 saturated carbocycles. The summed E-state index contributed by atoms with van der Waals surface area (Å²) in [6.07, 6.45) is 6.87. The molecule has 0 fully saturated rings. The zero-order valence-electron chi connectivity index (χ0n) is 30.4. The van der Waals surface area contributed by atoms with Crippen LogP contribution in [0.2, 0.25) is 0 Å².